The van der Waals surface area contributed by atoms with Crippen LogP contribution >= 0.6 is 11.9 Å². The van der Waals surface area contributed by atoms with Gasteiger partial charge in [-0.2, -0.15) is 13.2 Å². The highest BCUT2D eigenvalue weighted by atomic mass is 32.2. The summed E-state index contributed by atoms with van der Waals surface area (Å²) in [6.07, 6.45) is -4.49. The first-order valence-corrected chi connectivity index (χ1v) is 7.46. The molecule has 23 heavy (non-hydrogen) atoms. The maximum atomic E-state index is 13.1. The van der Waals surface area contributed by atoms with E-state index >= 15 is 0 Å². The molecule has 124 valence electrons. The van der Waals surface area contributed by atoms with Gasteiger partial charge in [-0.25, -0.2) is 4.79 Å². The number of carboxylic acid groups (broad SMARTS) is 1. The summed E-state index contributed by atoms with van der Waals surface area (Å²) >= 11 is 0.850. The zero-order chi connectivity index (χ0) is 17.4. The second-order valence-corrected chi connectivity index (χ2v) is 5.95. The highest BCUT2D eigenvalue weighted by Gasteiger charge is 2.33. The van der Waals surface area contributed by atoms with Gasteiger partial charge in [-0.05, 0) is 44.9 Å². The Hall–Kier alpha value is -2.09. The number of carbonyl (C=O) groups is 1. The van der Waals surface area contributed by atoms with Crippen LogP contribution in [0.5, 0.6) is 0 Å². The lowest BCUT2D eigenvalue weighted by atomic mass is 10.1. The van der Waals surface area contributed by atoms with E-state index < -0.39 is 17.7 Å². The summed E-state index contributed by atoms with van der Waals surface area (Å²) in [4.78, 5) is 14.5. The average Bonchev–Trinajstić information content (AvgIpc) is 2.70. The van der Waals surface area contributed by atoms with Crippen LogP contribution in [0.1, 0.15) is 32.9 Å². The molecule has 4 nitrogen and oxygen atoms in total. The Morgan fingerprint density at radius 2 is 1.87 bits per heavy atom. The highest BCUT2D eigenvalue weighted by molar-refractivity contribution is 8.00. The van der Waals surface area contributed by atoms with Crippen LogP contribution in [-0.2, 0) is 6.18 Å². The molecule has 0 saturated carbocycles. The molecule has 0 saturated heterocycles. The van der Waals surface area contributed by atoms with Crippen molar-refractivity contribution in [2.75, 3.05) is 4.72 Å². The van der Waals surface area contributed by atoms with E-state index in [9.17, 15) is 23.1 Å². The summed E-state index contributed by atoms with van der Waals surface area (Å²) in [6, 6.07) is 3.95. The molecule has 2 rings (SSSR count). The number of H-pyrrole nitrogens is 1. The number of aromatic nitrogens is 1. The standard InChI is InChI=1S/C15H15F3N2O2S/c1-7-4-5-11(10(6-7)15(16,17)18)20-23-13-9(3)19-8(2)12(13)14(21)22/h4-6,19-20H,1-3H3,(H,21,22). The molecule has 0 amide bonds. The Balaban J connectivity index is 2.35. The Bertz CT molecular complexity index is 754. The molecule has 0 atom stereocenters. The second-order valence-electron chi connectivity index (χ2n) is 5.14. The van der Waals surface area contributed by atoms with Gasteiger partial charge in [0.2, 0.25) is 0 Å². The number of rotatable bonds is 4. The van der Waals surface area contributed by atoms with Gasteiger partial charge >= 0.3 is 12.1 Å². The summed E-state index contributed by atoms with van der Waals surface area (Å²) in [7, 11) is 0. The minimum absolute atomic E-state index is 0.0562. The van der Waals surface area contributed by atoms with E-state index in [-0.39, 0.29) is 11.3 Å². The molecular formula is C15H15F3N2O2S. The van der Waals surface area contributed by atoms with Crippen molar-refractivity contribution < 1.29 is 23.1 Å². The first kappa shape index (κ1) is 17.3. The number of hydrogen-bond donors (Lipinski definition) is 3. The molecule has 1 aromatic carbocycles. The number of hydrogen-bond acceptors (Lipinski definition) is 3. The lowest BCUT2D eigenvalue weighted by Crippen LogP contribution is -2.09. The van der Waals surface area contributed by atoms with Crippen molar-refractivity contribution in [2.24, 2.45) is 0 Å². The number of benzene rings is 1. The number of halogens is 3. The van der Waals surface area contributed by atoms with Crippen molar-refractivity contribution in [3.63, 3.8) is 0 Å². The normalized spacial score (nSPS) is 11.6. The van der Waals surface area contributed by atoms with Gasteiger partial charge in [-0.15, -0.1) is 0 Å². The topological polar surface area (TPSA) is 65.1 Å². The van der Waals surface area contributed by atoms with Crippen molar-refractivity contribution in [3.8, 4) is 0 Å². The van der Waals surface area contributed by atoms with Crippen LogP contribution in [0.25, 0.3) is 0 Å². The van der Waals surface area contributed by atoms with Gasteiger partial charge in [0.25, 0.3) is 0 Å². The molecule has 1 aromatic heterocycles. The largest absolute Gasteiger partial charge is 0.478 e. The van der Waals surface area contributed by atoms with E-state index in [1.165, 1.54) is 6.07 Å². The fourth-order valence-electron chi connectivity index (χ4n) is 2.23. The zero-order valence-corrected chi connectivity index (χ0v) is 13.4. The minimum Gasteiger partial charge on any atom is -0.478 e. The fourth-order valence-corrected chi connectivity index (χ4v) is 3.17. The third-order valence-electron chi connectivity index (χ3n) is 3.28. The monoisotopic (exact) mass is 344 g/mol. The lowest BCUT2D eigenvalue weighted by Gasteiger charge is -2.15. The summed E-state index contributed by atoms with van der Waals surface area (Å²) < 4.78 is 41.9. The predicted molar refractivity (Wildman–Crippen MR) is 82.9 cm³/mol. The zero-order valence-electron chi connectivity index (χ0n) is 12.6. The molecule has 0 bridgehead atoms. The van der Waals surface area contributed by atoms with Crippen LogP contribution in [0, 0.1) is 20.8 Å². The third kappa shape index (κ3) is 3.64. The van der Waals surface area contributed by atoms with Crippen LogP contribution in [0.4, 0.5) is 18.9 Å². The molecule has 0 radical (unpaired) electrons. The Labute approximate surface area is 135 Å². The number of alkyl halides is 3. The molecule has 8 heteroatoms. The number of anilines is 1. The molecular weight excluding hydrogens is 329 g/mol. The first-order chi connectivity index (χ1) is 10.6. The number of nitrogens with one attached hydrogen (secondary N) is 2. The number of aryl methyl sites for hydroxylation is 3. The maximum absolute atomic E-state index is 13.1. The van der Waals surface area contributed by atoms with Gasteiger partial charge < -0.3 is 14.8 Å². The average molecular weight is 344 g/mol. The van der Waals surface area contributed by atoms with Gasteiger partial charge in [0, 0.05) is 11.4 Å². The third-order valence-corrected chi connectivity index (χ3v) is 4.31. The van der Waals surface area contributed by atoms with Crippen LogP contribution in [0.15, 0.2) is 23.1 Å². The molecule has 2 aromatic rings. The van der Waals surface area contributed by atoms with E-state index in [1.54, 1.807) is 26.8 Å². The molecule has 0 aliphatic heterocycles. The predicted octanol–water partition coefficient (Wildman–Crippen LogP) is 4.78. The van der Waals surface area contributed by atoms with E-state index in [1.807, 2.05) is 0 Å². The highest BCUT2D eigenvalue weighted by Crippen LogP contribution is 2.38. The molecule has 0 fully saturated rings. The van der Waals surface area contributed by atoms with E-state index in [4.69, 9.17) is 0 Å². The molecule has 0 aliphatic rings. The lowest BCUT2D eigenvalue weighted by molar-refractivity contribution is -0.136. The Kier molecular flexibility index (Phi) is 4.65. The second kappa shape index (κ2) is 6.19. The van der Waals surface area contributed by atoms with Gasteiger partial charge in [0.1, 0.15) is 0 Å². The van der Waals surface area contributed by atoms with Crippen LogP contribution in [0.3, 0.4) is 0 Å². The summed E-state index contributed by atoms with van der Waals surface area (Å²) in [5, 5.41) is 9.24. The van der Waals surface area contributed by atoms with Crippen molar-refractivity contribution in [1.29, 1.82) is 0 Å². The molecule has 1 heterocycles. The van der Waals surface area contributed by atoms with Crippen LogP contribution in [-0.4, -0.2) is 16.1 Å². The quantitative estimate of drug-likeness (QED) is 0.699. The van der Waals surface area contributed by atoms with E-state index in [2.05, 4.69) is 9.71 Å². The summed E-state index contributed by atoms with van der Waals surface area (Å²) in [5.74, 6) is -1.13. The SMILES string of the molecule is Cc1ccc(NSc2c(C)[nH]c(C)c2C(=O)O)c(C(F)(F)F)c1. The Morgan fingerprint density at radius 1 is 1.22 bits per heavy atom. The van der Waals surface area contributed by atoms with Crippen molar-refractivity contribution >= 4 is 23.6 Å². The molecule has 3 N–H and O–H groups in total. The summed E-state index contributed by atoms with van der Waals surface area (Å²) in [6.45, 7) is 4.85. The summed E-state index contributed by atoms with van der Waals surface area (Å²) in [5.41, 5.74) is 0.695. The van der Waals surface area contributed by atoms with Gasteiger partial charge in [-0.3, -0.25) is 0 Å². The minimum atomic E-state index is -4.49. The fraction of sp³-hybridized carbons (Fsp3) is 0.267. The number of carboxylic acids is 1. The van der Waals surface area contributed by atoms with Crippen molar-refractivity contribution in [1.82, 2.24) is 4.98 Å². The van der Waals surface area contributed by atoms with Gasteiger partial charge in [-0.1, -0.05) is 11.6 Å². The van der Waals surface area contributed by atoms with Crippen LogP contribution < -0.4 is 4.72 Å². The Morgan fingerprint density at radius 3 is 2.43 bits per heavy atom. The van der Waals surface area contributed by atoms with Crippen LogP contribution in [0.2, 0.25) is 0 Å². The number of aromatic amines is 1. The number of aromatic carboxylic acids is 1. The van der Waals surface area contributed by atoms with E-state index in [0.29, 0.717) is 21.8 Å². The first-order valence-electron chi connectivity index (χ1n) is 6.64. The molecule has 0 spiro atoms. The van der Waals surface area contributed by atoms with Crippen molar-refractivity contribution in [2.45, 2.75) is 31.8 Å². The van der Waals surface area contributed by atoms with E-state index in [0.717, 1.165) is 18.0 Å². The van der Waals surface area contributed by atoms with Gasteiger partial charge in [0.15, 0.2) is 0 Å². The molecule has 0 unspecified atom stereocenters. The van der Waals surface area contributed by atoms with Crippen molar-refractivity contribution in [3.05, 3.63) is 46.3 Å². The molecule has 0 aliphatic carbocycles. The van der Waals surface area contributed by atoms with Gasteiger partial charge in [0.05, 0.1) is 21.7 Å². The maximum Gasteiger partial charge on any atom is 0.418 e. The smallest absolute Gasteiger partial charge is 0.418 e.